The maximum absolute atomic E-state index is 10.2. The summed E-state index contributed by atoms with van der Waals surface area (Å²) in [6.07, 6.45) is 0. The van der Waals surface area contributed by atoms with E-state index in [0.717, 1.165) is 61.2 Å². The number of aliphatic hydroxyl groups is 1. The van der Waals surface area contributed by atoms with E-state index in [1.165, 1.54) is 0 Å². The van der Waals surface area contributed by atoms with Gasteiger partial charge in [-0.2, -0.15) is 0 Å². The minimum atomic E-state index is -0.833. The summed E-state index contributed by atoms with van der Waals surface area (Å²) in [6.45, 7) is 13.9. The molecule has 9 aromatic rings. The Morgan fingerprint density at radius 2 is 0.519 bits per heavy atom. The third-order valence-corrected chi connectivity index (χ3v) is 13.6. The zero-order valence-corrected chi connectivity index (χ0v) is 68.2. The number of carboxylic acids is 1. The van der Waals surface area contributed by atoms with Crippen LogP contribution in [-0.4, -0.2) is 110 Å². The van der Waals surface area contributed by atoms with Gasteiger partial charge in [-0.25, -0.2) is 0 Å². The molecule has 0 aliphatic carbocycles. The van der Waals surface area contributed by atoms with Gasteiger partial charge in [0.1, 0.15) is 40.5 Å². The van der Waals surface area contributed by atoms with E-state index < -0.39 is 44.9 Å². The molecule has 0 saturated heterocycles. The maximum Gasteiger partial charge on any atom is 0.300 e. The normalized spacial score (nSPS) is 9.96. The van der Waals surface area contributed by atoms with Crippen molar-refractivity contribution in [3.63, 3.8) is 0 Å². The van der Waals surface area contributed by atoms with Crippen LogP contribution < -0.4 is 38.1 Å². The number of halogens is 4. The molecule has 568 valence electrons. The zero-order valence-electron chi connectivity index (χ0n) is 57.8. The van der Waals surface area contributed by atoms with Crippen molar-refractivity contribution in [2.24, 2.45) is 11.5 Å². The Morgan fingerprint density at radius 1 is 0.368 bits per heavy atom. The summed E-state index contributed by atoms with van der Waals surface area (Å²) >= 11 is 15.2. The molecule has 0 bridgehead atoms. The van der Waals surface area contributed by atoms with E-state index >= 15 is 0 Å². The van der Waals surface area contributed by atoms with Crippen LogP contribution in [0.2, 0.25) is 0 Å². The van der Waals surface area contributed by atoms with Crippen LogP contribution in [0.5, 0.6) is 0 Å². The van der Waals surface area contributed by atoms with Crippen molar-refractivity contribution in [2.75, 3.05) is 71.7 Å². The van der Waals surface area contributed by atoms with Crippen molar-refractivity contribution in [1.29, 1.82) is 0 Å². The first-order chi connectivity index (χ1) is 49.4. The summed E-state index contributed by atoms with van der Waals surface area (Å²) in [6, 6.07) is 93.7. The van der Waals surface area contributed by atoms with E-state index in [1.807, 2.05) is 91.0 Å². The molecule has 0 aliphatic heterocycles. The third kappa shape index (κ3) is 40.6. The molecule has 26 heteroatoms. The van der Waals surface area contributed by atoms with Gasteiger partial charge in [0.15, 0.2) is 6.79 Å². The number of carboxylic acid groups (broad SMARTS) is 1. The summed E-state index contributed by atoms with van der Waals surface area (Å²) in [5.74, 6) is -1.68. The molecule has 0 unspecified atom stereocenters. The Balaban J connectivity index is -0.00000144. The number of carbonyl (C=O) groups excluding carboxylic acids is 4. The number of hydrogen-bond acceptors (Lipinski definition) is 17. The summed E-state index contributed by atoms with van der Waals surface area (Å²) in [5.41, 5.74) is 18.2. The number of benzene rings is 9. The van der Waals surface area contributed by atoms with Crippen LogP contribution in [0.4, 0.5) is 0 Å². The van der Waals surface area contributed by atoms with Crippen LogP contribution in [0.15, 0.2) is 273 Å². The molecule has 9 rings (SSSR count). The zero-order chi connectivity index (χ0) is 75.0. The molecule has 9 aromatic carbocycles. The maximum atomic E-state index is 10.2. The van der Waals surface area contributed by atoms with Gasteiger partial charge in [-0.05, 0) is 50.1 Å². The monoisotopic (exact) mass is 1770 g/mol. The van der Waals surface area contributed by atoms with E-state index in [1.54, 1.807) is 0 Å². The number of hydrogen-bond donors (Lipinski definition) is 9. The quantitative estimate of drug-likeness (QED) is 0.00526. The fourth-order valence-electron chi connectivity index (χ4n) is 9.75. The molecule has 0 spiro atoms. The Hall–Kier alpha value is -6.52. The molecular weight excluding hydrogens is 1680 g/mol. The molecule has 2 radical (unpaired) electrons. The summed E-state index contributed by atoms with van der Waals surface area (Å²) < 4.78 is 31.7. The van der Waals surface area contributed by atoms with Crippen LogP contribution in [0.1, 0.15) is 71.8 Å². The fourth-order valence-corrected chi connectivity index (χ4v) is 9.75. The molecule has 106 heavy (non-hydrogen) atoms. The van der Waals surface area contributed by atoms with Crippen LogP contribution in [0, 0.1) is 27.7 Å². The second-order valence-corrected chi connectivity index (χ2v) is 23.7. The molecule has 20 nitrogen and oxygen atoms in total. The molecule has 0 saturated carbocycles. The SMILES string of the molecule is BrCBr.C.C.CC(=O)O.NCOCOCN.OCNC(c1ccccc1)(c1ccccc1)c1ccccc1.[CH2-]C(=O)Cl.[CH2-]C(=O)Cl.[CH2-]C(=O)NCOCOCNC([CH2-])=O.[Y].[Y].c1ccc(C(NCOCOCNC(c2ccccc2)(c2ccccc2)c2ccccc2)(c2ccccc2)c2ccccc2)cc1. The van der Waals surface area contributed by atoms with Crippen LogP contribution >= 0.6 is 55.1 Å². The van der Waals surface area contributed by atoms with Crippen molar-refractivity contribution in [3.05, 3.63) is 351 Å². The van der Waals surface area contributed by atoms with Gasteiger partial charge < -0.3 is 108 Å². The smallest absolute Gasteiger partial charge is 0.300 e. The Labute approximate surface area is 703 Å². The fraction of sp³-hybridized carbons (Fsp3) is 0.212. The number of nitrogens with two attached hydrogens (primary N) is 2. The molecule has 0 aliphatic rings. The Kier molecular flexibility index (Phi) is 63.0. The largest absolute Gasteiger partial charge is 0.481 e. The van der Waals surface area contributed by atoms with Gasteiger partial charge in [0, 0.05) is 72.3 Å². The van der Waals surface area contributed by atoms with Gasteiger partial charge in [-0.15, -0.1) is 0 Å². The van der Waals surface area contributed by atoms with E-state index in [-0.39, 0.29) is 148 Å². The van der Waals surface area contributed by atoms with Gasteiger partial charge in [-0.1, -0.05) is 343 Å². The van der Waals surface area contributed by atoms with Crippen LogP contribution in [-0.2, 0) is 134 Å². The molecule has 0 heterocycles. The minimum Gasteiger partial charge on any atom is -0.481 e. The number of alkyl halides is 2. The molecule has 0 atom stereocenters. The van der Waals surface area contributed by atoms with Gasteiger partial charge in [0.25, 0.3) is 5.97 Å². The average Bonchev–Trinajstić information content (AvgIpc) is 0.775. The number of aliphatic carboxylic acids is 1. The summed E-state index contributed by atoms with van der Waals surface area (Å²) in [4.78, 5) is 47.6. The van der Waals surface area contributed by atoms with E-state index in [9.17, 15) is 14.7 Å². The number of nitrogens with one attached hydrogen (secondary N) is 5. The number of carbonyl (C=O) groups is 5. The molecule has 0 aromatic heterocycles. The van der Waals surface area contributed by atoms with Crippen molar-refractivity contribution in [1.82, 2.24) is 26.6 Å². The van der Waals surface area contributed by atoms with Crippen LogP contribution in [0.3, 0.4) is 0 Å². The first-order valence-corrected chi connectivity index (χ1v) is 34.1. The third-order valence-electron chi connectivity index (χ3n) is 13.6. The Morgan fingerprint density at radius 3 is 0.670 bits per heavy atom. The predicted molar refractivity (Wildman–Crippen MR) is 422 cm³/mol. The van der Waals surface area contributed by atoms with Crippen molar-refractivity contribution in [2.45, 2.75) is 38.4 Å². The van der Waals surface area contributed by atoms with E-state index in [4.69, 9.17) is 49.9 Å². The van der Waals surface area contributed by atoms with Crippen molar-refractivity contribution in [3.8, 4) is 0 Å². The second-order valence-electron chi connectivity index (χ2n) is 20.3. The topological polar surface area (TPSA) is 293 Å². The second kappa shape index (κ2) is 64.5. The van der Waals surface area contributed by atoms with Gasteiger partial charge in [0.2, 0.25) is 0 Å². The first-order valence-electron chi connectivity index (χ1n) is 31.1. The van der Waals surface area contributed by atoms with Crippen molar-refractivity contribution >= 4 is 83.3 Å². The number of amides is 2. The van der Waals surface area contributed by atoms with E-state index in [0.29, 0.717) is 0 Å². The molecular formula is C80H97Br2Cl2N7O13Y2-4. The van der Waals surface area contributed by atoms with E-state index in [2.05, 4.69) is 301 Å². The summed E-state index contributed by atoms with van der Waals surface area (Å²) in [7, 11) is 0. The number of ether oxygens (including phenoxy) is 6. The average molecular weight is 1770 g/mol. The van der Waals surface area contributed by atoms with Gasteiger partial charge in [-0.3, -0.25) is 20.7 Å². The van der Waals surface area contributed by atoms with Crippen molar-refractivity contribution < 1.29 is 128 Å². The Bertz CT molecular complexity index is 3140. The molecule has 0 fully saturated rings. The molecule has 2 amide bonds. The van der Waals surface area contributed by atoms with Gasteiger partial charge >= 0.3 is 0 Å². The van der Waals surface area contributed by atoms with Gasteiger partial charge in [0.05, 0.1) is 63.3 Å². The first kappa shape index (κ1) is 104. The number of rotatable bonds is 29. The summed E-state index contributed by atoms with van der Waals surface area (Å²) in [5, 5.41) is 31.2. The predicted octanol–water partition coefficient (Wildman–Crippen LogP) is 13.4. The molecule has 11 N–H and O–H groups in total. The minimum absolute atomic E-state index is 0. The van der Waals surface area contributed by atoms with Crippen LogP contribution in [0.25, 0.3) is 0 Å². The number of aliphatic hydroxyl groups excluding tert-OH is 1. The standard InChI is InChI=1S/C41H38N2O2.C20H19NO.C7H12N2O4.C3H10N2O2.2C2H2ClO.C2H4O2.CH2Br2.2CH4.2Y/c1-7-19-34(20-8-1)40(35-21-9-2-10-22-35,36-23-11-3-12-24-36)42-31-44-33-45-32-43-41(37-25-13-4-14-26-37,38-27-15-5-16-28-38)39-29-17-6-18-30-39;22-16-21-20(17-10-4-1-5-11-17,18-12-6-2-7-13-18)19-14-8-3-9-15-19;1-6(10)8-3-12-5-13-4-9-7(2)11;4-1-6-3-7-2-5;3*1-2(3)4;2-1-3;;;;/h1-30,42-43H,31-33H2;1-15,21-22H,16H2;1-5H2,(H,8,10)(H,9,11);1-5H2;2*1H2;1H3,(H,3,4);1H2;2*1H4;;/q;;-2;;2*-1;;;;;;.